The number of aliphatic hydroxyl groups is 2. The monoisotopic (exact) mass is 147 g/mol. The normalized spacial score (nSPS) is 49.2. The molecule has 0 aliphatic carbocycles. The predicted molar refractivity (Wildman–Crippen MR) is 35.2 cm³/mol. The first-order chi connectivity index (χ1) is 4.61. The molecule has 0 spiro atoms. The summed E-state index contributed by atoms with van der Waals surface area (Å²) in [5.74, 6) is 0. The Labute approximate surface area is 59.6 Å². The van der Waals surface area contributed by atoms with Gasteiger partial charge >= 0.3 is 0 Å². The van der Waals surface area contributed by atoms with E-state index in [9.17, 15) is 5.11 Å². The summed E-state index contributed by atoms with van der Waals surface area (Å²) < 4.78 is 4.89. The molecule has 0 bridgehead atoms. The summed E-state index contributed by atoms with van der Waals surface area (Å²) >= 11 is 0. The molecule has 4 N–H and O–H groups in total. The van der Waals surface area contributed by atoms with Gasteiger partial charge in [-0.25, -0.2) is 0 Å². The lowest BCUT2D eigenvalue weighted by atomic mass is 10.0. The molecule has 1 rings (SSSR count). The molecule has 0 radical (unpaired) electrons. The summed E-state index contributed by atoms with van der Waals surface area (Å²) in [4.78, 5) is 0. The Morgan fingerprint density at radius 2 is 2.10 bits per heavy atom. The van der Waals surface area contributed by atoms with E-state index in [1.165, 1.54) is 0 Å². The summed E-state index contributed by atoms with van der Waals surface area (Å²) in [5, 5.41) is 18.2. The summed E-state index contributed by atoms with van der Waals surface area (Å²) in [6.07, 6.45) is -1.51. The van der Waals surface area contributed by atoms with Crippen LogP contribution in [0.1, 0.15) is 13.3 Å². The largest absolute Gasteiger partial charge is 0.389 e. The maximum atomic E-state index is 9.20. The third kappa shape index (κ3) is 1.46. The Morgan fingerprint density at radius 3 is 2.60 bits per heavy atom. The first kappa shape index (κ1) is 7.94. The predicted octanol–water partition coefficient (Wildman–Crippen LogP) is -1.20. The van der Waals surface area contributed by atoms with E-state index in [0.717, 1.165) is 0 Å². The van der Waals surface area contributed by atoms with E-state index in [4.69, 9.17) is 15.6 Å². The van der Waals surface area contributed by atoms with E-state index in [-0.39, 0.29) is 12.1 Å². The van der Waals surface area contributed by atoms with Gasteiger partial charge in [0.2, 0.25) is 0 Å². The minimum Gasteiger partial charge on any atom is -0.389 e. The maximum Gasteiger partial charge on any atom is 0.156 e. The van der Waals surface area contributed by atoms with Gasteiger partial charge in [0.1, 0.15) is 0 Å². The van der Waals surface area contributed by atoms with Crippen molar-refractivity contribution in [2.75, 3.05) is 0 Å². The third-order valence-corrected chi connectivity index (χ3v) is 1.77. The average Bonchev–Trinajstić information content (AvgIpc) is 1.82. The van der Waals surface area contributed by atoms with Crippen molar-refractivity contribution < 1.29 is 14.9 Å². The minimum absolute atomic E-state index is 0.311. The Hall–Kier alpha value is -0.160. The van der Waals surface area contributed by atoms with Crippen LogP contribution in [0.3, 0.4) is 0 Å². The first-order valence-corrected chi connectivity index (χ1v) is 3.38. The lowest BCUT2D eigenvalue weighted by Gasteiger charge is -2.33. The summed E-state index contributed by atoms with van der Waals surface area (Å²) in [6, 6.07) is -0.362. The number of hydrogen-bond acceptors (Lipinski definition) is 4. The van der Waals surface area contributed by atoms with Crippen molar-refractivity contribution in [3.63, 3.8) is 0 Å². The number of nitrogens with two attached hydrogens (primary N) is 1. The molecular weight excluding hydrogens is 134 g/mol. The summed E-state index contributed by atoms with van der Waals surface area (Å²) in [6.45, 7) is 1.69. The first-order valence-electron chi connectivity index (χ1n) is 3.38. The highest BCUT2D eigenvalue weighted by Crippen LogP contribution is 2.16. The lowest BCUT2D eigenvalue weighted by Crippen LogP contribution is -2.51. The van der Waals surface area contributed by atoms with E-state index in [2.05, 4.69) is 0 Å². The molecule has 0 aromatic heterocycles. The molecule has 4 heteroatoms. The van der Waals surface area contributed by atoms with Crippen LogP contribution in [0.25, 0.3) is 0 Å². The smallest absolute Gasteiger partial charge is 0.156 e. The van der Waals surface area contributed by atoms with Crippen LogP contribution >= 0.6 is 0 Å². The van der Waals surface area contributed by atoms with Crippen LogP contribution in [0, 0.1) is 0 Å². The topological polar surface area (TPSA) is 75.7 Å². The van der Waals surface area contributed by atoms with Crippen LogP contribution in [0.5, 0.6) is 0 Å². The van der Waals surface area contributed by atoms with Crippen LogP contribution in [-0.4, -0.2) is 34.8 Å². The molecule has 60 valence electrons. The fraction of sp³-hybridized carbons (Fsp3) is 1.00. The standard InChI is InChI=1S/C6H13NO3/c1-3-6(9)4(7)2-5(8)10-3/h3-6,8-9H,2,7H2,1H3/t3?,4-,5?,6?/m0/s1. The van der Waals surface area contributed by atoms with E-state index in [1.54, 1.807) is 6.92 Å². The fourth-order valence-electron chi connectivity index (χ4n) is 1.10. The van der Waals surface area contributed by atoms with Crippen molar-refractivity contribution >= 4 is 0 Å². The Balaban J connectivity index is 2.49. The second kappa shape index (κ2) is 2.84. The molecule has 0 aromatic rings. The molecule has 1 fully saturated rings. The van der Waals surface area contributed by atoms with Gasteiger partial charge in [-0.1, -0.05) is 0 Å². The van der Waals surface area contributed by atoms with Crippen LogP contribution in [0.4, 0.5) is 0 Å². The van der Waals surface area contributed by atoms with Crippen molar-refractivity contribution in [2.45, 2.75) is 37.9 Å². The molecule has 1 aliphatic heterocycles. The number of aliphatic hydroxyl groups excluding tert-OH is 2. The SMILES string of the molecule is CC1OC(O)C[C@H](N)C1O. The Kier molecular flexibility index (Phi) is 2.25. The molecule has 0 aromatic carbocycles. The van der Waals surface area contributed by atoms with Gasteiger partial charge in [0.15, 0.2) is 6.29 Å². The Morgan fingerprint density at radius 1 is 1.50 bits per heavy atom. The zero-order valence-electron chi connectivity index (χ0n) is 5.90. The highest BCUT2D eigenvalue weighted by molar-refractivity contribution is 4.82. The molecule has 1 saturated heterocycles. The molecule has 3 unspecified atom stereocenters. The molecule has 0 saturated carbocycles. The van der Waals surface area contributed by atoms with Crippen molar-refractivity contribution in [1.82, 2.24) is 0 Å². The molecule has 1 aliphatic rings. The molecule has 0 amide bonds. The third-order valence-electron chi connectivity index (χ3n) is 1.77. The lowest BCUT2D eigenvalue weighted by molar-refractivity contribution is -0.198. The van der Waals surface area contributed by atoms with Gasteiger partial charge in [0.05, 0.1) is 12.2 Å². The second-order valence-corrected chi connectivity index (χ2v) is 2.69. The van der Waals surface area contributed by atoms with Gasteiger partial charge in [0, 0.05) is 12.5 Å². The van der Waals surface area contributed by atoms with Gasteiger partial charge in [-0.3, -0.25) is 0 Å². The van der Waals surface area contributed by atoms with Crippen molar-refractivity contribution in [3.05, 3.63) is 0 Å². The number of ether oxygens (including phenoxy) is 1. The van der Waals surface area contributed by atoms with Crippen molar-refractivity contribution in [1.29, 1.82) is 0 Å². The van der Waals surface area contributed by atoms with E-state index in [1.807, 2.05) is 0 Å². The van der Waals surface area contributed by atoms with Gasteiger partial charge in [0.25, 0.3) is 0 Å². The molecule has 10 heavy (non-hydrogen) atoms. The van der Waals surface area contributed by atoms with Crippen molar-refractivity contribution in [2.24, 2.45) is 5.73 Å². The molecular formula is C6H13NO3. The zero-order chi connectivity index (χ0) is 7.72. The minimum atomic E-state index is -0.812. The van der Waals surface area contributed by atoms with Crippen LogP contribution < -0.4 is 5.73 Å². The second-order valence-electron chi connectivity index (χ2n) is 2.69. The highest BCUT2D eigenvalue weighted by atomic mass is 16.6. The van der Waals surface area contributed by atoms with E-state index < -0.39 is 12.4 Å². The van der Waals surface area contributed by atoms with Crippen LogP contribution in [0.2, 0.25) is 0 Å². The van der Waals surface area contributed by atoms with Gasteiger partial charge in [-0.05, 0) is 6.92 Å². The molecule has 4 atom stereocenters. The quantitative estimate of drug-likeness (QED) is 0.402. The maximum absolute atomic E-state index is 9.20. The van der Waals surface area contributed by atoms with Crippen LogP contribution in [-0.2, 0) is 4.74 Å². The Bertz CT molecular complexity index is 108. The summed E-state index contributed by atoms with van der Waals surface area (Å²) in [5.41, 5.74) is 5.47. The highest BCUT2D eigenvalue weighted by Gasteiger charge is 2.31. The zero-order valence-corrected chi connectivity index (χ0v) is 5.90. The number of rotatable bonds is 0. The molecule has 1 heterocycles. The van der Waals surface area contributed by atoms with Gasteiger partial charge in [-0.15, -0.1) is 0 Å². The van der Waals surface area contributed by atoms with Gasteiger partial charge < -0.3 is 20.7 Å². The number of hydrogen-bond donors (Lipinski definition) is 3. The van der Waals surface area contributed by atoms with E-state index in [0.29, 0.717) is 6.42 Å². The van der Waals surface area contributed by atoms with E-state index >= 15 is 0 Å². The van der Waals surface area contributed by atoms with Gasteiger partial charge in [-0.2, -0.15) is 0 Å². The van der Waals surface area contributed by atoms with Crippen molar-refractivity contribution in [3.8, 4) is 0 Å². The average molecular weight is 147 g/mol. The molecule has 4 nitrogen and oxygen atoms in total. The van der Waals surface area contributed by atoms with Crippen LogP contribution in [0.15, 0.2) is 0 Å². The fourth-order valence-corrected chi connectivity index (χ4v) is 1.10. The summed E-state index contributed by atoms with van der Waals surface area (Å²) in [7, 11) is 0.